The third kappa shape index (κ3) is 4.29. The van der Waals surface area contributed by atoms with Crippen molar-refractivity contribution >= 4 is 22.6 Å². The van der Waals surface area contributed by atoms with Gasteiger partial charge in [-0.25, -0.2) is 9.18 Å². The molecule has 0 atom stereocenters. The van der Waals surface area contributed by atoms with Crippen molar-refractivity contribution < 1.29 is 13.9 Å². The Morgan fingerprint density at radius 2 is 1.91 bits per heavy atom. The minimum Gasteiger partial charge on any atom is -0.445 e. The van der Waals surface area contributed by atoms with Crippen molar-refractivity contribution in [1.29, 1.82) is 0 Å². The summed E-state index contributed by atoms with van der Waals surface area (Å²) in [6.45, 7) is 1.43. The number of amides is 1. The third-order valence-corrected chi connectivity index (χ3v) is 6.74. The largest absolute Gasteiger partial charge is 0.445 e. The predicted octanol–water partition coefficient (Wildman–Crippen LogP) is 6.78. The molecule has 1 aliphatic heterocycles. The van der Waals surface area contributed by atoms with Crippen LogP contribution in [0.5, 0.6) is 0 Å². The van der Waals surface area contributed by atoms with Crippen LogP contribution in [0, 0.1) is 5.82 Å². The third-order valence-electron chi connectivity index (χ3n) is 6.74. The molecule has 2 aromatic carbocycles. The van der Waals surface area contributed by atoms with Crippen LogP contribution in [0.1, 0.15) is 61.3 Å². The highest BCUT2D eigenvalue weighted by atomic mass is 19.1. The number of halogens is 1. The van der Waals surface area contributed by atoms with Gasteiger partial charge in [-0.3, -0.25) is 0 Å². The number of aromatic nitrogens is 1. The van der Waals surface area contributed by atoms with Gasteiger partial charge >= 0.3 is 6.09 Å². The predicted molar refractivity (Wildman–Crippen MR) is 125 cm³/mol. The van der Waals surface area contributed by atoms with E-state index < -0.39 is 0 Å². The monoisotopic (exact) mass is 432 g/mol. The molecule has 2 heterocycles. The average Bonchev–Trinajstić information content (AvgIpc) is 3.22. The van der Waals surface area contributed by atoms with E-state index in [0.29, 0.717) is 19.0 Å². The van der Waals surface area contributed by atoms with Crippen LogP contribution >= 0.6 is 0 Å². The summed E-state index contributed by atoms with van der Waals surface area (Å²) in [5, 5.41) is 1.04. The zero-order valence-electron chi connectivity index (χ0n) is 18.3. The van der Waals surface area contributed by atoms with E-state index >= 15 is 0 Å². The first kappa shape index (κ1) is 20.8. The maximum Gasteiger partial charge on any atom is 0.410 e. The van der Waals surface area contributed by atoms with Crippen molar-refractivity contribution in [2.24, 2.45) is 0 Å². The van der Waals surface area contributed by atoms with Crippen LogP contribution in [-0.2, 0) is 11.3 Å². The number of nitrogens with zero attached hydrogens (tertiary/aromatic N) is 1. The Kier molecular flexibility index (Phi) is 5.97. The molecule has 0 bridgehead atoms. The van der Waals surface area contributed by atoms with E-state index in [1.165, 1.54) is 31.0 Å². The Morgan fingerprint density at radius 1 is 1.09 bits per heavy atom. The van der Waals surface area contributed by atoms with Gasteiger partial charge in [-0.15, -0.1) is 0 Å². The summed E-state index contributed by atoms with van der Waals surface area (Å²) < 4.78 is 19.5. The van der Waals surface area contributed by atoms with Gasteiger partial charge < -0.3 is 14.6 Å². The lowest BCUT2D eigenvalue weighted by Gasteiger charge is -2.29. The molecule has 3 aromatic rings. The van der Waals surface area contributed by atoms with Gasteiger partial charge in [-0.1, -0.05) is 55.7 Å². The smallest absolute Gasteiger partial charge is 0.410 e. The number of carbonyl (C=O) groups is 1. The molecule has 0 spiro atoms. The Balaban J connectivity index is 1.40. The van der Waals surface area contributed by atoms with E-state index in [0.717, 1.165) is 46.9 Å². The maximum absolute atomic E-state index is 14.0. The Bertz CT molecular complexity index is 1130. The zero-order chi connectivity index (χ0) is 21.9. The molecule has 1 aromatic heterocycles. The van der Waals surface area contributed by atoms with E-state index in [1.54, 1.807) is 11.0 Å². The number of nitrogens with one attached hydrogen (secondary N) is 1. The highest BCUT2D eigenvalue weighted by Crippen LogP contribution is 2.40. The summed E-state index contributed by atoms with van der Waals surface area (Å²) >= 11 is 0. The zero-order valence-corrected chi connectivity index (χ0v) is 18.3. The van der Waals surface area contributed by atoms with Gasteiger partial charge in [0.25, 0.3) is 0 Å². The lowest BCUT2D eigenvalue weighted by atomic mass is 9.83. The second-order valence-electron chi connectivity index (χ2n) is 8.92. The van der Waals surface area contributed by atoms with E-state index in [1.807, 2.05) is 36.4 Å². The normalized spacial score (nSPS) is 17.4. The molecule has 1 saturated carbocycles. The van der Waals surface area contributed by atoms with E-state index in [4.69, 9.17) is 4.74 Å². The van der Waals surface area contributed by atoms with Gasteiger partial charge in [-0.2, -0.15) is 0 Å². The van der Waals surface area contributed by atoms with Crippen LogP contribution in [0.25, 0.3) is 16.5 Å². The topological polar surface area (TPSA) is 45.3 Å². The Hall–Kier alpha value is -3.08. The summed E-state index contributed by atoms with van der Waals surface area (Å²) in [6, 6.07) is 14.7. The summed E-state index contributed by atoms with van der Waals surface area (Å²) in [4.78, 5) is 18.1. The fraction of sp³-hybridized carbons (Fsp3) is 0.370. The lowest BCUT2D eigenvalue weighted by Crippen LogP contribution is -2.36. The first-order valence-corrected chi connectivity index (χ1v) is 11.6. The minimum absolute atomic E-state index is 0.232. The highest BCUT2D eigenvalue weighted by molar-refractivity contribution is 5.95. The number of aromatic amines is 1. The molecule has 1 aliphatic carbocycles. The Labute approximate surface area is 188 Å². The molecule has 2 aliphatic rings. The second-order valence-corrected chi connectivity index (χ2v) is 8.92. The molecule has 1 N–H and O–H groups in total. The first-order valence-electron chi connectivity index (χ1n) is 11.6. The molecule has 5 heteroatoms. The number of benzene rings is 2. The van der Waals surface area contributed by atoms with Crippen molar-refractivity contribution in [2.75, 3.05) is 13.1 Å². The van der Waals surface area contributed by atoms with Crippen molar-refractivity contribution in [3.05, 3.63) is 77.2 Å². The summed E-state index contributed by atoms with van der Waals surface area (Å²) in [6.07, 6.45) is 8.77. The van der Waals surface area contributed by atoms with Crippen LogP contribution < -0.4 is 0 Å². The highest BCUT2D eigenvalue weighted by Gasteiger charge is 2.27. The van der Waals surface area contributed by atoms with Crippen LogP contribution in [0.2, 0.25) is 0 Å². The van der Waals surface area contributed by atoms with Crippen LogP contribution in [0.4, 0.5) is 9.18 Å². The maximum atomic E-state index is 14.0. The Morgan fingerprint density at radius 3 is 2.72 bits per heavy atom. The number of carbonyl (C=O) groups excluding carboxylic acids is 1. The van der Waals surface area contributed by atoms with Gasteiger partial charge in [0.1, 0.15) is 12.4 Å². The van der Waals surface area contributed by atoms with Gasteiger partial charge in [0.15, 0.2) is 0 Å². The van der Waals surface area contributed by atoms with Crippen molar-refractivity contribution in [2.45, 2.75) is 51.0 Å². The number of hydrogen-bond donors (Lipinski definition) is 1. The van der Waals surface area contributed by atoms with E-state index in [-0.39, 0.29) is 18.5 Å². The fourth-order valence-corrected chi connectivity index (χ4v) is 5.13. The van der Waals surface area contributed by atoms with Crippen molar-refractivity contribution in [3.8, 4) is 0 Å². The summed E-state index contributed by atoms with van der Waals surface area (Å²) in [5.74, 6) is 0.222. The van der Waals surface area contributed by atoms with E-state index in [9.17, 15) is 9.18 Å². The summed E-state index contributed by atoms with van der Waals surface area (Å²) in [5.41, 5.74) is 5.31. The molecule has 4 nitrogen and oxygen atoms in total. The van der Waals surface area contributed by atoms with E-state index in [2.05, 4.69) is 11.1 Å². The van der Waals surface area contributed by atoms with Crippen molar-refractivity contribution in [1.82, 2.24) is 9.88 Å². The van der Waals surface area contributed by atoms with Gasteiger partial charge in [0.05, 0.1) is 0 Å². The molecule has 32 heavy (non-hydrogen) atoms. The number of hydrogen-bond acceptors (Lipinski definition) is 2. The van der Waals surface area contributed by atoms with Gasteiger partial charge in [0.2, 0.25) is 0 Å². The SMILES string of the molecule is O=C(OCc1ccccc1)N1CCC=C(c2c(C3CCCCC3)[nH]c3cc(F)ccc23)C1. The van der Waals surface area contributed by atoms with Crippen LogP contribution in [0.3, 0.4) is 0 Å². The van der Waals surface area contributed by atoms with Crippen LogP contribution in [-0.4, -0.2) is 29.1 Å². The standard InChI is InChI=1S/C27H29FN2O2/c28-22-13-14-23-24(16-22)29-26(20-10-5-2-6-11-20)25(23)21-12-7-15-30(17-21)27(31)32-18-19-8-3-1-4-9-19/h1,3-4,8-9,12-14,16,20,29H,2,5-7,10-11,15,17-18H2. The minimum atomic E-state index is -0.287. The second kappa shape index (κ2) is 9.19. The number of H-pyrrole nitrogens is 1. The molecular formula is C27H29FN2O2. The summed E-state index contributed by atoms with van der Waals surface area (Å²) in [7, 11) is 0. The quantitative estimate of drug-likeness (QED) is 0.494. The molecule has 166 valence electrons. The average molecular weight is 433 g/mol. The number of fused-ring (bicyclic) bond motifs is 1. The molecule has 1 amide bonds. The number of ether oxygens (including phenoxy) is 1. The van der Waals surface area contributed by atoms with Gasteiger partial charge in [-0.05, 0) is 54.5 Å². The molecule has 5 rings (SSSR count). The lowest BCUT2D eigenvalue weighted by molar-refractivity contribution is 0.100. The molecule has 1 fully saturated rings. The van der Waals surface area contributed by atoms with Gasteiger partial charge in [0, 0.05) is 35.2 Å². The van der Waals surface area contributed by atoms with Crippen molar-refractivity contribution in [3.63, 3.8) is 0 Å². The molecular weight excluding hydrogens is 403 g/mol. The molecule has 0 unspecified atom stereocenters. The van der Waals surface area contributed by atoms with Crippen LogP contribution in [0.15, 0.2) is 54.6 Å². The fourth-order valence-electron chi connectivity index (χ4n) is 5.13. The molecule has 0 saturated heterocycles. The first-order chi connectivity index (χ1) is 15.7. The molecule has 0 radical (unpaired) electrons. The number of rotatable bonds is 4.